The summed E-state index contributed by atoms with van der Waals surface area (Å²) in [4.78, 5) is 13.2. The molecule has 6 nitrogen and oxygen atoms in total. The summed E-state index contributed by atoms with van der Waals surface area (Å²) in [6.07, 6.45) is -3.92. The number of carbonyl (C=O) groups excluding carboxylic acids is 1. The molecule has 2 aliphatic heterocycles. The third-order valence-corrected chi connectivity index (χ3v) is 5.87. The highest BCUT2D eigenvalue weighted by atomic mass is 19.3. The molecule has 1 saturated heterocycles. The largest absolute Gasteiger partial charge is 0.415 e. The number of hydrazine groups is 1. The Labute approximate surface area is 184 Å². The van der Waals surface area contributed by atoms with Crippen LogP contribution in [0.3, 0.4) is 0 Å². The molecule has 2 aliphatic rings. The third-order valence-electron chi connectivity index (χ3n) is 5.87. The standard InChI is InChI=1S/C22H17F5N4O2/c23-15-3-1-2-12(8-15)17-10-22(26,27)6-7-30(17)31-11-14-5-4-13(9-16(14)21(31)32)19-28-29-20(33-19)18(24)25/h1-5,8-9,17-18H,6-7,10-11H2. The molecule has 3 heterocycles. The van der Waals surface area contributed by atoms with Crippen molar-refractivity contribution in [2.45, 2.75) is 37.8 Å². The molecule has 1 amide bonds. The number of piperidine rings is 1. The van der Waals surface area contributed by atoms with E-state index >= 15 is 0 Å². The minimum atomic E-state index is -2.95. The van der Waals surface area contributed by atoms with E-state index in [2.05, 4.69) is 10.2 Å². The molecule has 0 spiro atoms. The van der Waals surface area contributed by atoms with Crippen LogP contribution in [0.1, 0.15) is 52.7 Å². The highest BCUT2D eigenvalue weighted by Gasteiger charge is 2.45. The summed E-state index contributed by atoms with van der Waals surface area (Å²) < 4.78 is 72.8. The van der Waals surface area contributed by atoms with Crippen molar-refractivity contribution in [3.05, 3.63) is 70.9 Å². The predicted molar refractivity (Wildman–Crippen MR) is 105 cm³/mol. The van der Waals surface area contributed by atoms with Crippen molar-refractivity contribution >= 4 is 5.91 Å². The van der Waals surface area contributed by atoms with Crippen molar-refractivity contribution in [1.82, 2.24) is 20.2 Å². The van der Waals surface area contributed by atoms with Gasteiger partial charge in [-0.05, 0) is 35.4 Å². The van der Waals surface area contributed by atoms with Crippen molar-refractivity contribution in [1.29, 1.82) is 0 Å². The van der Waals surface area contributed by atoms with Gasteiger partial charge in [-0.2, -0.15) is 8.78 Å². The average molecular weight is 464 g/mol. The zero-order valence-electron chi connectivity index (χ0n) is 17.0. The highest BCUT2D eigenvalue weighted by Crippen LogP contribution is 2.42. The smallest absolute Gasteiger partial charge is 0.314 e. The van der Waals surface area contributed by atoms with Crippen LogP contribution in [0, 0.1) is 5.82 Å². The first-order valence-electron chi connectivity index (χ1n) is 10.2. The Morgan fingerprint density at radius 2 is 1.94 bits per heavy atom. The van der Waals surface area contributed by atoms with Gasteiger partial charge in [0.1, 0.15) is 5.82 Å². The summed E-state index contributed by atoms with van der Waals surface area (Å²) in [7, 11) is 0. The van der Waals surface area contributed by atoms with E-state index in [0.717, 1.165) is 0 Å². The molecule has 0 radical (unpaired) electrons. The lowest BCUT2D eigenvalue weighted by molar-refractivity contribution is -0.136. The van der Waals surface area contributed by atoms with E-state index in [4.69, 9.17) is 4.42 Å². The Morgan fingerprint density at radius 3 is 2.67 bits per heavy atom. The van der Waals surface area contributed by atoms with Gasteiger partial charge in [0.15, 0.2) is 0 Å². The second-order valence-corrected chi connectivity index (χ2v) is 8.02. The average Bonchev–Trinajstić information content (AvgIpc) is 3.39. The minimum Gasteiger partial charge on any atom is -0.415 e. The van der Waals surface area contributed by atoms with Crippen LogP contribution >= 0.6 is 0 Å². The van der Waals surface area contributed by atoms with Gasteiger partial charge in [0.25, 0.3) is 17.7 Å². The first-order chi connectivity index (χ1) is 15.7. The number of hydrogen-bond donors (Lipinski definition) is 0. The van der Waals surface area contributed by atoms with Gasteiger partial charge in [-0.15, -0.1) is 10.2 Å². The van der Waals surface area contributed by atoms with E-state index in [-0.39, 0.29) is 30.1 Å². The lowest BCUT2D eigenvalue weighted by atomic mass is 9.94. The molecule has 11 heteroatoms. The second-order valence-electron chi connectivity index (χ2n) is 8.02. The molecule has 1 unspecified atom stereocenters. The maximum absolute atomic E-state index is 14.3. The summed E-state index contributed by atoms with van der Waals surface area (Å²) in [5.41, 5.74) is 1.55. The molecule has 1 atom stereocenters. The van der Waals surface area contributed by atoms with Crippen LogP contribution in [-0.4, -0.2) is 38.6 Å². The summed E-state index contributed by atoms with van der Waals surface area (Å²) in [5.74, 6) is -4.92. The molecule has 2 aromatic carbocycles. The number of hydrogen-bond acceptors (Lipinski definition) is 5. The molecule has 0 saturated carbocycles. The van der Waals surface area contributed by atoms with E-state index < -0.39 is 48.8 Å². The fourth-order valence-corrected chi connectivity index (χ4v) is 4.28. The van der Waals surface area contributed by atoms with Crippen LogP contribution < -0.4 is 0 Å². The maximum Gasteiger partial charge on any atom is 0.314 e. The molecule has 1 aromatic heterocycles. The van der Waals surface area contributed by atoms with Crippen molar-refractivity contribution in [3.8, 4) is 11.5 Å². The van der Waals surface area contributed by atoms with Gasteiger partial charge in [-0.25, -0.2) is 18.2 Å². The quantitative estimate of drug-likeness (QED) is 0.500. The number of amides is 1. The van der Waals surface area contributed by atoms with Gasteiger partial charge < -0.3 is 4.42 Å². The Bertz CT molecular complexity index is 1220. The SMILES string of the molecule is O=C1c2cc(-c3nnc(C(F)F)o3)ccc2CN1N1CCC(F)(F)CC1c1cccc(F)c1. The maximum atomic E-state index is 14.3. The van der Waals surface area contributed by atoms with Gasteiger partial charge in [0.2, 0.25) is 5.89 Å². The number of nitrogens with zero attached hydrogens (tertiary/aromatic N) is 4. The molecular formula is C22H17F5N4O2. The number of fused-ring (bicyclic) bond motifs is 1. The number of carbonyl (C=O) groups is 1. The number of rotatable bonds is 4. The van der Waals surface area contributed by atoms with Gasteiger partial charge in [-0.1, -0.05) is 18.2 Å². The first kappa shape index (κ1) is 21.5. The monoisotopic (exact) mass is 464 g/mol. The third kappa shape index (κ3) is 3.97. The summed E-state index contributed by atoms with van der Waals surface area (Å²) in [5, 5.41) is 9.80. The molecule has 172 valence electrons. The van der Waals surface area contributed by atoms with E-state index in [0.29, 0.717) is 11.1 Å². The second kappa shape index (κ2) is 7.91. The summed E-state index contributed by atoms with van der Waals surface area (Å²) >= 11 is 0. The first-order valence-corrected chi connectivity index (χ1v) is 10.2. The Morgan fingerprint density at radius 1 is 1.12 bits per heavy atom. The molecule has 1 fully saturated rings. The van der Waals surface area contributed by atoms with Crippen LogP contribution in [0.2, 0.25) is 0 Å². The molecule has 3 aromatic rings. The van der Waals surface area contributed by atoms with Gasteiger partial charge in [0.05, 0.1) is 12.6 Å². The number of alkyl halides is 4. The highest BCUT2D eigenvalue weighted by molar-refractivity contribution is 5.99. The molecule has 33 heavy (non-hydrogen) atoms. The lowest BCUT2D eigenvalue weighted by Gasteiger charge is -2.43. The van der Waals surface area contributed by atoms with Crippen LogP contribution in [0.4, 0.5) is 22.0 Å². The van der Waals surface area contributed by atoms with Gasteiger partial charge in [0, 0.05) is 30.5 Å². The Hall–Kier alpha value is -3.34. The van der Waals surface area contributed by atoms with Crippen molar-refractivity contribution in [2.75, 3.05) is 6.54 Å². The number of aromatic nitrogens is 2. The van der Waals surface area contributed by atoms with Crippen LogP contribution in [0.5, 0.6) is 0 Å². The van der Waals surface area contributed by atoms with Gasteiger partial charge >= 0.3 is 6.43 Å². The predicted octanol–water partition coefficient (Wildman–Crippen LogP) is 5.16. The molecule has 0 N–H and O–H groups in total. The zero-order chi connectivity index (χ0) is 23.3. The Balaban J connectivity index is 1.45. The summed E-state index contributed by atoms with van der Waals surface area (Å²) in [6, 6.07) is 9.18. The van der Waals surface area contributed by atoms with Crippen LogP contribution in [0.25, 0.3) is 11.5 Å². The number of benzene rings is 2. The van der Waals surface area contributed by atoms with E-state index in [1.807, 2.05) is 0 Å². The normalized spacial score (nSPS) is 20.5. The van der Waals surface area contributed by atoms with E-state index in [9.17, 15) is 26.7 Å². The van der Waals surface area contributed by atoms with E-state index in [1.54, 1.807) is 23.2 Å². The molecular weight excluding hydrogens is 447 g/mol. The van der Waals surface area contributed by atoms with Gasteiger partial charge in [-0.3, -0.25) is 9.80 Å². The van der Waals surface area contributed by atoms with Crippen molar-refractivity contribution in [2.24, 2.45) is 0 Å². The van der Waals surface area contributed by atoms with E-state index in [1.165, 1.54) is 29.3 Å². The molecule has 0 bridgehead atoms. The topological polar surface area (TPSA) is 62.5 Å². The van der Waals surface area contributed by atoms with Crippen molar-refractivity contribution < 1.29 is 31.2 Å². The van der Waals surface area contributed by atoms with Crippen LogP contribution in [0.15, 0.2) is 46.9 Å². The number of halogens is 5. The minimum absolute atomic E-state index is 0.0951. The molecule has 5 rings (SSSR count). The Kier molecular flexibility index (Phi) is 5.15. The summed E-state index contributed by atoms with van der Waals surface area (Å²) in [6.45, 7) is 0.0418. The zero-order valence-corrected chi connectivity index (χ0v) is 17.0. The fourth-order valence-electron chi connectivity index (χ4n) is 4.28. The van der Waals surface area contributed by atoms with Crippen LogP contribution in [-0.2, 0) is 6.54 Å². The molecule has 0 aliphatic carbocycles. The van der Waals surface area contributed by atoms with Crippen molar-refractivity contribution in [3.63, 3.8) is 0 Å². The fraction of sp³-hybridized carbons (Fsp3) is 0.318. The lowest BCUT2D eigenvalue weighted by Crippen LogP contribution is -2.51.